The molecule has 0 aromatic heterocycles. The van der Waals surface area contributed by atoms with Gasteiger partial charge >= 0.3 is 11.9 Å². The molecule has 0 saturated carbocycles. The number of hydrogen-bond donors (Lipinski definition) is 3. The predicted molar refractivity (Wildman–Crippen MR) is 41.4 cm³/mol. The van der Waals surface area contributed by atoms with Gasteiger partial charge in [0.25, 0.3) is 0 Å². The molecule has 13 heavy (non-hydrogen) atoms. The maximum absolute atomic E-state index is 10.4. The van der Waals surface area contributed by atoms with Gasteiger partial charge in [0.1, 0.15) is 0 Å². The number of sulfonamides is 1. The van der Waals surface area contributed by atoms with Crippen LogP contribution in [0.2, 0.25) is 0 Å². The molecule has 0 aliphatic rings. The Balaban J connectivity index is 4.45. The number of aliphatic carboxylic acids is 2. The number of carbonyl (C=O) groups is 2. The van der Waals surface area contributed by atoms with Gasteiger partial charge in [-0.2, -0.15) is 0 Å². The molecule has 0 heterocycles. The highest BCUT2D eigenvalue weighted by atomic mass is 32.2. The number of rotatable bonds is 5. The summed E-state index contributed by atoms with van der Waals surface area (Å²) in [5.41, 5.74) is 0. The van der Waals surface area contributed by atoms with Crippen LogP contribution in [0.4, 0.5) is 0 Å². The van der Waals surface area contributed by atoms with Crippen LogP contribution in [-0.4, -0.2) is 36.3 Å². The molecule has 0 saturated heterocycles. The third kappa shape index (κ3) is 6.05. The van der Waals surface area contributed by atoms with Crippen molar-refractivity contribution in [1.82, 2.24) is 0 Å². The fourth-order valence-corrected chi connectivity index (χ4v) is 1.53. The number of carboxylic acid groups (broad SMARTS) is 2. The van der Waals surface area contributed by atoms with E-state index in [4.69, 9.17) is 10.2 Å². The van der Waals surface area contributed by atoms with Crippen LogP contribution in [0.1, 0.15) is 6.42 Å². The molecule has 0 bridgehead atoms. The van der Waals surface area contributed by atoms with Gasteiger partial charge in [-0.3, -0.25) is 9.59 Å². The van der Waals surface area contributed by atoms with Crippen LogP contribution in [0.3, 0.4) is 0 Å². The smallest absolute Gasteiger partial charge is 0.308 e. The summed E-state index contributed by atoms with van der Waals surface area (Å²) in [6.07, 6.45) is -0.758. The van der Waals surface area contributed by atoms with Gasteiger partial charge in [0.2, 0.25) is 10.0 Å². The first kappa shape index (κ1) is 11.8. The second kappa shape index (κ2) is 4.19. The minimum Gasteiger partial charge on any atom is -0.481 e. The largest absolute Gasteiger partial charge is 0.481 e. The summed E-state index contributed by atoms with van der Waals surface area (Å²) in [7, 11) is -3.96. The lowest BCUT2D eigenvalue weighted by Gasteiger charge is -2.06. The summed E-state index contributed by atoms with van der Waals surface area (Å²) in [6.45, 7) is 0. The quantitative estimate of drug-likeness (QED) is 0.503. The van der Waals surface area contributed by atoms with E-state index in [0.29, 0.717) is 0 Å². The highest BCUT2D eigenvalue weighted by Gasteiger charge is 2.25. The van der Waals surface area contributed by atoms with Crippen LogP contribution in [0.15, 0.2) is 0 Å². The highest BCUT2D eigenvalue weighted by molar-refractivity contribution is 7.89. The molecule has 1 atom stereocenters. The molecule has 76 valence electrons. The third-order valence-electron chi connectivity index (χ3n) is 1.20. The van der Waals surface area contributed by atoms with Crippen LogP contribution in [0.5, 0.6) is 0 Å². The molecule has 1 unspecified atom stereocenters. The monoisotopic (exact) mass is 211 g/mol. The van der Waals surface area contributed by atoms with Gasteiger partial charge in [0.05, 0.1) is 18.1 Å². The maximum Gasteiger partial charge on any atom is 0.308 e. The maximum atomic E-state index is 10.4. The molecule has 0 amide bonds. The third-order valence-corrected chi connectivity index (χ3v) is 2.07. The molecular weight excluding hydrogens is 202 g/mol. The second-order valence-corrected chi connectivity index (χ2v) is 4.12. The van der Waals surface area contributed by atoms with Crippen molar-refractivity contribution >= 4 is 22.0 Å². The fourth-order valence-electron chi connectivity index (χ4n) is 0.709. The SMILES string of the molecule is NS(=O)(=O)CC(CC(=O)O)C(=O)O. The summed E-state index contributed by atoms with van der Waals surface area (Å²) < 4.78 is 20.9. The van der Waals surface area contributed by atoms with Gasteiger partial charge in [-0.05, 0) is 0 Å². The van der Waals surface area contributed by atoms with E-state index in [9.17, 15) is 18.0 Å². The molecule has 8 heteroatoms. The summed E-state index contributed by atoms with van der Waals surface area (Å²) in [5.74, 6) is -5.23. The first-order valence-corrected chi connectivity index (χ1v) is 4.89. The van der Waals surface area contributed by atoms with Gasteiger partial charge in [-0.15, -0.1) is 0 Å². The molecule has 0 radical (unpaired) electrons. The van der Waals surface area contributed by atoms with Crippen molar-refractivity contribution in [3.05, 3.63) is 0 Å². The number of carboxylic acids is 2. The molecule has 0 aromatic carbocycles. The normalized spacial score (nSPS) is 13.6. The van der Waals surface area contributed by atoms with Crippen molar-refractivity contribution in [1.29, 1.82) is 0 Å². The van der Waals surface area contributed by atoms with Gasteiger partial charge in [0.15, 0.2) is 0 Å². The Kier molecular flexibility index (Phi) is 3.82. The molecule has 0 aromatic rings. The van der Waals surface area contributed by atoms with E-state index in [1.807, 2.05) is 0 Å². The Morgan fingerprint density at radius 1 is 1.31 bits per heavy atom. The fraction of sp³-hybridized carbons (Fsp3) is 0.600. The average Bonchev–Trinajstić information content (AvgIpc) is 1.81. The Bertz CT molecular complexity index is 307. The lowest BCUT2D eigenvalue weighted by Crippen LogP contribution is -2.29. The van der Waals surface area contributed by atoms with Gasteiger partial charge < -0.3 is 10.2 Å². The molecule has 4 N–H and O–H groups in total. The molecule has 0 fully saturated rings. The number of primary sulfonamides is 1. The van der Waals surface area contributed by atoms with E-state index in [0.717, 1.165) is 0 Å². The number of hydrogen-bond acceptors (Lipinski definition) is 4. The summed E-state index contributed by atoms with van der Waals surface area (Å²) >= 11 is 0. The Morgan fingerprint density at radius 2 is 1.77 bits per heavy atom. The number of nitrogens with two attached hydrogens (primary N) is 1. The molecule has 0 spiro atoms. The molecule has 0 aliphatic carbocycles. The van der Waals surface area contributed by atoms with Crippen LogP contribution >= 0.6 is 0 Å². The van der Waals surface area contributed by atoms with Crippen molar-refractivity contribution in [2.75, 3.05) is 5.75 Å². The zero-order valence-electron chi connectivity index (χ0n) is 6.50. The van der Waals surface area contributed by atoms with Crippen molar-refractivity contribution in [2.24, 2.45) is 11.1 Å². The zero-order valence-corrected chi connectivity index (χ0v) is 7.32. The van der Waals surface area contributed by atoms with Gasteiger partial charge in [-0.1, -0.05) is 0 Å². The van der Waals surface area contributed by atoms with Gasteiger partial charge in [-0.25, -0.2) is 13.6 Å². The lowest BCUT2D eigenvalue weighted by atomic mass is 10.1. The minimum atomic E-state index is -3.96. The first-order chi connectivity index (χ1) is 5.72. The molecule has 0 rings (SSSR count). The van der Waals surface area contributed by atoms with Crippen molar-refractivity contribution in [2.45, 2.75) is 6.42 Å². The van der Waals surface area contributed by atoms with Crippen LogP contribution in [0.25, 0.3) is 0 Å². The van der Waals surface area contributed by atoms with E-state index in [1.165, 1.54) is 0 Å². The molecule has 0 aliphatic heterocycles. The van der Waals surface area contributed by atoms with E-state index in [1.54, 1.807) is 0 Å². The first-order valence-electron chi connectivity index (χ1n) is 3.17. The van der Waals surface area contributed by atoms with Crippen LogP contribution in [0, 0.1) is 5.92 Å². The Labute approximate surface area is 74.2 Å². The van der Waals surface area contributed by atoms with Gasteiger partial charge in [0, 0.05) is 0 Å². The van der Waals surface area contributed by atoms with E-state index in [2.05, 4.69) is 5.14 Å². The minimum absolute atomic E-state index is 0.758. The lowest BCUT2D eigenvalue weighted by molar-refractivity contribution is -0.147. The topological polar surface area (TPSA) is 135 Å². The molecular formula is C5H9NO6S. The van der Waals surface area contributed by atoms with E-state index >= 15 is 0 Å². The van der Waals surface area contributed by atoms with Crippen molar-refractivity contribution in [3.63, 3.8) is 0 Å². The summed E-state index contributed by atoms with van der Waals surface area (Å²) in [4.78, 5) is 20.4. The molecule has 7 nitrogen and oxygen atoms in total. The van der Waals surface area contributed by atoms with Crippen LogP contribution in [-0.2, 0) is 19.6 Å². The highest BCUT2D eigenvalue weighted by Crippen LogP contribution is 2.05. The average molecular weight is 211 g/mol. The van der Waals surface area contributed by atoms with Crippen LogP contribution < -0.4 is 5.14 Å². The predicted octanol–water partition coefficient (Wildman–Crippen LogP) is -1.55. The summed E-state index contributed by atoms with van der Waals surface area (Å²) in [5, 5.41) is 21.2. The Morgan fingerprint density at radius 3 is 2.00 bits per heavy atom. The second-order valence-electron chi connectivity index (χ2n) is 2.46. The standard InChI is InChI=1S/C5H9NO6S/c6-13(11,12)2-3(5(9)10)1-4(7)8/h3H,1-2H2,(H,7,8)(H,9,10)(H2,6,11,12). The Hall–Kier alpha value is -1.15. The van der Waals surface area contributed by atoms with E-state index in [-0.39, 0.29) is 0 Å². The summed E-state index contributed by atoms with van der Waals surface area (Å²) in [6, 6.07) is 0. The van der Waals surface area contributed by atoms with E-state index < -0.39 is 40.1 Å². The van der Waals surface area contributed by atoms with Crippen molar-refractivity contribution in [3.8, 4) is 0 Å². The zero-order chi connectivity index (χ0) is 10.6. The van der Waals surface area contributed by atoms with Crippen molar-refractivity contribution < 1.29 is 28.2 Å².